The zero-order chi connectivity index (χ0) is 18.6. The fourth-order valence-corrected chi connectivity index (χ4v) is 3.35. The third kappa shape index (κ3) is 6.46. The van der Waals surface area contributed by atoms with Gasteiger partial charge in [0, 0.05) is 20.1 Å². The Balaban J connectivity index is 1.87. The standard InChI is InChI=1S/C21H34N4O/c1-4-25(5-2)20(19-9-7-6-8-10-19)17-24-21(22-3)23-14-11-18-12-15-26-16-13-18/h6-10,12,20H,4-5,11,13-17H2,1-3H3,(H2,22,23,24). The smallest absolute Gasteiger partial charge is 0.191 e. The highest BCUT2D eigenvalue weighted by atomic mass is 16.5. The number of nitrogens with one attached hydrogen (secondary N) is 2. The second-order valence-corrected chi connectivity index (χ2v) is 6.46. The molecule has 5 nitrogen and oxygen atoms in total. The van der Waals surface area contributed by atoms with E-state index in [1.54, 1.807) is 0 Å². The molecule has 1 aromatic carbocycles. The van der Waals surface area contributed by atoms with Crippen LogP contribution in [0.3, 0.4) is 0 Å². The van der Waals surface area contributed by atoms with Gasteiger partial charge < -0.3 is 15.4 Å². The van der Waals surface area contributed by atoms with Gasteiger partial charge in [0.2, 0.25) is 0 Å². The van der Waals surface area contributed by atoms with Crippen LogP contribution in [-0.2, 0) is 4.74 Å². The van der Waals surface area contributed by atoms with Gasteiger partial charge in [-0.15, -0.1) is 0 Å². The second kappa shape index (κ2) is 11.7. The average molecular weight is 359 g/mol. The Labute approximate surface area is 158 Å². The Hall–Kier alpha value is -1.85. The summed E-state index contributed by atoms with van der Waals surface area (Å²) in [6.07, 6.45) is 4.29. The van der Waals surface area contributed by atoms with Crippen molar-refractivity contribution in [2.45, 2.75) is 32.7 Å². The van der Waals surface area contributed by atoms with Crippen molar-refractivity contribution in [3.63, 3.8) is 0 Å². The summed E-state index contributed by atoms with van der Waals surface area (Å²) >= 11 is 0. The molecule has 26 heavy (non-hydrogen) atoms. The van der Waals surface area contributed by atoms with Gasteiger partial charge in [-0.25, -0.2) is 0 Å². The van der Waals surface area contributed by atoms with Crippen molar-refractivity contribution in [3.8, 4) is 0 Å². The molecule has 0 radical (unpaired) electrons. The van der Waals surface area contributed by atoms with Gasteiger partial charge in [0.05, 0.1) is 19.3 Å². The summed E-state index contributed by atoms with van der Waals surface area (Å²) in [5.74, 6) is 0.866. The Kier molecular flexibility index (Phi) is 9.21. The molecule has 0 saturated carbocycles. The molecule has 1 atom stereocenters. The van der Waals surface area contributed by atoms with Crippen molar-refractivity contribution in [1.82, 2.24) is 15.5 Å². The molecule has 2 rings (SSSR count). The zero-order valence-electron chi connectivity index (χ0n) is 16.5. The maximum atomic E-state index is 5.36. The van der Waals surface area contributed by atoms with E-state index in [1.165, 1.54) is 11.1 Å². The Bertz CT molecular complexity index is 567. The molecular formula is C21H34N4O. The number of likely N-dealkylation sites (N-methyl/N-ethyl adjacent to an activating group) is 1. The number of aliphatic imine (C=N–C) groups is 1. The molecule has 1 aliphatic heterocycles. The SMILES string of the molecule is CCN(CC)C(CNC(=NC)NCCC1=CCOCC1)c1ccccc1. The average Bonchev–Trinajstić information content (AvgIpc) is 2.71. The van der Waals surface area contributed by atoms with E-state index in [0.29, 0.717) is 6.04 Å². The van der Waals surface area contributed by atoms with E-state index in [4.69, 9.17) is 4.74 Å². The highest BCUT2D eigenvalue weighted by Crippen LogP contribution is 2.19. The van der Waals surface area contributed by atoms with Crippen LogP contribution in [0.1, 0.15) is 38.3 Å². The van der Waals surface area contributed by atoms with E-state index in [1.807, 2.05) is 7.05 Å². The van der Waals surface area contributed by atoms with Crippen LogP contribution in [-0.4, -0.2) is 57.3 Å². The maximum Gasteiger partial charge on any atom is 0.191 e. The topological polar surface area (TPSA) is 48.9 Å². The third-order valence-electron chi connectivity index (χ3n) is 4.92. The Morgan fingerprint density at radius 1 is 1.19 bits per heavy atom. The van der Waals surface area contributed by atoms with E-state index >= 15 is 0 Å². The first-order valence-electron chi connectivity index (χ1n) is 9.77. The molecule has 0 saturated heterocycles. The molecule has 0 aromatic heterocycles. The molecule has 1 unspecified atom stereocenters. The van der Waals surface area contributed by atoms with E-state index in [2.05, 4.69) is 70.8 Å². The number of ether oxygens (including phenoxy) is 1. The number of hydrogen-bond donors (Lipinski definition) is 2. The Morgan fingerprint density at radius 3 is 2.58 bits per heavy atom. The van der Waals surface area contributed by atoms with Crippen molar-refractivity contribution in [1.29, 1.82) is 0 Å². The van der Waals surface area contributed by atoms with E-state index in [-0.39, 0.29) is 0 Å². The largest absolute Gasteiger partial charge is 0.377 e. The van der Waals surface area contributed by atoms with Crippen molar-refractivity contribution in [2.75, 3.05) is 46.4 Å². The molecule has 1 heterocycles. The van der Waals surface area contributed by atoms with Gasteiger partial charge in [-0.05, 0) is 31.5 Å². The van der Waals surface area contributed by atoms with Crippen molar-refractivity contribution < 1.29 is 4.74 Å². The summed E-state index contributed by atoms with van der Waals surface area (Å²) in [7, 11) is 1.83. The minimum atomic E-state index is 0.336. The minimum Gasteiger partial charge on any atom is -0.377 e. The van der Waals surface area contributed by atoms with Gasteiger partial charge in [0.15, 0.2) is 5.96 Å². The molecule has 1 aliphatic rings. The molecule has 5 heteroatoms. The lowest BCUT2D eigenvalue weighted by Gasteiger charge is -2.30. The second-order valence-electron chi connectivity index (χ2n) is 6.46. The molecule has 0 amide bonds. The fourth-order valence-electron chi connectivity index (χ4n) is 3.35. The monoisotopic (exact) mass is 358 g/mol. The van der Waals surface area contributed by atoms with Crippen molar-refractivity contribution >= 4 is 5.96 Å². The summed E-state index contributed by atoms with van der Waals surface area (Å²) in [5, 5.41) is 6.95. The first kappa shape index (κ1) is 20.5. The summed E-state index contributed by atoms with van der Waals surface area (Å²) in [6, 6.07) is 11.0. The van der Waals surface area contributed by atoms with Crippen LogP contribution in [0.15, 0.2) is 47.0 Å². The van der Waals surface area contributed by atoms with Crippen LogP contribution in [0.5, 0.6) is 0 Å². The third-order valence-corrected chi connectivity index (χ3v) is 4.92. The van der Waals surface area contributed by atoms with Gasteiger partial charge in [-0.2, -0.15) is 0 Å². The van der Waals surface area contributed by atoms with Crippen LogP contribution >= 0.6 is 0 Å². The molecule has 2 N–H and O–H groups in total. The van der Waals surface area contributed by atoms with Crippen LogP contribution in [0, 0.1) is 0 Å². The minimum absolute atomic E-state index is 0.336. The van der Waals surface area contributed by atoms with Crippen molar-refractivity contribution in [2.24, 2.45) is 4.99 Å². The predicted molar refractivity (Wildman–Crippen MR) is 110 cm³/mol. The first-order valence-corrected chi connectivity index (χ1v) is 9.77. The number of nitrogens with zero attached hydrogens (tertiary/aromatic N) is 2. The quantitative estimate of drug-likeness (QED) is 0.405. The maximum absolute atomic E-state index is 5.36. The highest BCUT2D eigenvalue weighted by molar-refractivity contribution is 5.79. The molecule has 0 aliphatic carbocycles. The molecule has 0 bridgehead atoms. The predicted octanol–water partition coefficient (Wildman–Crippen LogP) is 2.97. The number of benzene rings is 1. The number of rotatable bonds is 9. The zero-order valence-corrected chi connectivity index (χ0v) is 16.5. The van der Waals surface area contributed by atoms with Crippen LogP contribution in [0.25, 0.3) is 0 Å². The molecular weight excluding hydrogens is 324 g/mol. The van der Waals surface area contributed by atoms with Gasteiger partial charge in [0.1, 0.15) is 0 Å². The van der Waals surface area contributed by atoms with Crippen molar-refractivity contribution in [3.05, 3.63) is 47.5 Å². The molecule has 1 aromatic rings. The van der Waals surface area contributed by atoms with E-state index in [0.717, 1.165) is 58.2 Å². The van der Waals surface area contributed by atoms with Gasteiger partial charge in [0.25, 0.3) is 0 Å². The number of hydrogen-bond acceptors (Lipinski definition) is 3. The van der Waals surface area contributed by atoms with Crippen LogP contribution in [0.4, 0.5) is 0 Å². The van der Waals surface area contributed by atoms with E-state index in [9.17, 15) is 0 Å². The lowest BCUT2D eigenvalue weighted by Crippen LogP contribution is -2.43. The first-order chi connectivity index (χ1) is 12.8. The van der Waals surface area contributed by atoms with Gasteiger partial charge in [-0.1, -0.05) is 55.8 Å². The summed E-state index contributed by atoms with van der Waals surface area (Å²) in [4.78, 5) is 6.85. The van der Waals surface area contributed by atoms with Crippen LogP contribution < -0.4 is 10.6 Å². The lowest BCUT2D eigenvalue weighted by molar-refractivity contribution is 0.153. The lowest BCUT2D eigenvalue weighted by atomic mass is 10.1. The Morgan fingerprint density at radius 2 is 1.96 bits per heavy atom. The normalized spacial score (nSPS) is 16.3. The van der Waals surface area contributed by atoms with Gasteiger partial charge >= 0.3 is 0 Å². The fraction of sp³-hybridized carbons (Fsp3) is 0.571. The van der Waals surface area contributed by atoms with Gasteiger partial charge in [-0.3, -0.25) is 9.89 Å². The highest BCUT2D eigenvalue weighted by Gasteiger charge is 2.18. The summed E-state index contributed by atoms with van der Waals surface area (Å²) in [6.45, 7) is 9.82. The molecule has 0 fully saturated rings. The summed E-state index contributed by atoms with van der Waals surface area (Å²) < 4.78 is 5.36. The van der Waals surface area contributed by atoms with E-state index < -0.39 is 0 Å². The number of guanidine groups is 1. The van der Waals surface area contributed by atoms with Crippen LogP contribution in [0.2, 0.25) is 0 Å². The molecule has 144 valence electrons. The molecule has 0 spiro atoms. The summed E-state index contributed by atoms with van der Waals surface area (Å²) in [5.41, 5.74) is 2.82.